The molecule has 1 fully saturated rings. The number of benzene rings is 1. The highest BCUT2D eigenvalue weighted by Gasteiger charge is 2.47. The maximum Gasteiger partial charge on any atom is 0.248 e. The number of anilines is 2. The molecule has 2 aliphatic rings. The number of amides is 2. The number of pyridine rings is 1. The first-order valence-corrected chi connectivity index (χ1v) is 9.86. The summed E-state index contributed by atoms with van der Waals surface area (Å²) in [6.07, 6.45) is 3.84. The van der Waals surface area contributed by atoms with Crippen molar-refractivity contribution in [2.75, 3.05) is 10.2 Å². The Bertz CT molecular complexity index is 927. The number of aromatic nitrogens is 1. The predicted octanol–water partition coefficient (Wildman–Crippen LogP) is 3.77. The third kappa shape index (κ3) is 3.33. The molecule has 1 aromatic carbocycles. The molecular formula is C21H23ClN4O2. The molecule has 3 atom stereocenters. The average molecular weight is 399 g/mol. The molecule has 0 bridgehead atoms. The molecule has 1 aromatic heterocycles. The smallest absolute Gasteiger partial charge is 0.248 e. The van der Waals surface area contributed by atoms with Crippen molar-refractivity contribution in [3.05, 3.63) is 52.7 Å². The zero-order valence-corrected chi connectivity index (χ0v) is 16.6. The van der Waals surface area contributed by atoms with Crippen molar-refractivity contribution < 1.29 is 9.59 Å². The topological polar surface area (TPSA) is 88.3 Å². The summed E-state index contributed by atoms with van der Waals surface area (Å²) in [6.45, 7) is 3.74. The number of carbonyl (C=O) groups is 2. The van der Waals surface area contributed by atoms with Gasteiger partial charge in [0.2, 0.25) is 11.8 Å². The molecule has 4 rings (SSSR count). The summed E-state index contributed by atoms with van der Waals surface area (Å²) in [4.78, 5) is 30.6. The van der Waals surface area contributed by atoms with Gasteiger partial charge in [0, 0.05) is 36.3 Å². The molecule has 28 heavy (non-hydrogen) atoms. The number of rotatable bonds is 4. The molecule has 0 saturated heterocycles. The average Bonchev–Trinajstić information content (AvgIpc) is 3.49. The lowest BCUT2D eigenvalue weighted by molar-refractivity contribution is -0.117. The number of nitrogens with zero attached hydrogens (tertiary/aromatic N) is 2. The summed E-state index contributed by atoms with van der Waals surface area (Å²) >= 11 is 5.96. The Kier molecular flexibility index (Phi) is 4.75. The third-order valence-electron chi connectivity index (χ3n) is 5.74. The number of nitrogens with two attached hydrogens (primary N) is 1. The highest BCUT2D eigenvalue weighted by molar-refractivity contribution is 6.30. The molecule has 1 saturated carbocycles. The van der Waals surface area contributed by atoms with Crippen LogP contribution in [0.25, 0.3) is 0 Å². The first-order chi connectivity index (χ1) is 13.4. The molecule has 146 valence electrons. The maximum atomic E-state index is 12.6. The van der Waals surface area contributed by atoms with Crippen molar-refractivity contribution in [2.45, 2.75) is 38.8 Å². The van der Waals surface area contributed by atoms with E-state index in [9.17, 15) is 9.59 Å². The minimum atomic E-state index is -0.488. The Labute approximate surface area is 169 Å². The minimum absolute atomic E-state index is 0.0138. The van der Waals surface area contributed by atoms with E-state index in [0.717, 1.165) is 24.1 Å². The lowest BCUT2D eigenvalue weighted by Crippen LogP contribution is -2.51. The number of carbonyl (C=O) groups excluding carboxylic acids is 2. The van der Waals surface area contributed by atoms with Crippen LogP contribution in [0.1, 0.15) is 48.7 Å². The van der Waals surface area contributed by atoms with Gasteiger partial charge in [-0.3, -0.25) is 9.59 Å². The van der Waals surface area contributed by atoms with Gasteiger partial charge in [0.1, 0.15) is 5.82 Å². The van der Waals surface area contributed by atoms with E-state index < -0.39 is 5.91 Å². The molecule has 1 aliphatic heterocycles. The van der Waals surface area contributed by atoms with Crippen LogP contribution in [0.4, 0.5) is 11.5 Å². The fraction of sp³-hybridized carbons (Fsp3) is 0.381. The molecule has 0 spiro atoms. The molecule has 1 aliphatic carbocycles. The number of hydrogen-bond donors (Lipinski definition) is 2. The summed E-state index contributed by atoms with van der Waals surface area (Å²) in [5, 5.41) is 4.06. The normalized spacial score (nSPS) is 23.8. The SMILES string of the molecule is CC(=O)N1c2ccc(C(N)=O)cc2[C@H](Nc2ccc(Cl)cn2)[C@@H](C)[C@@H]1C1CC1. The van der Waals surface area contributed by atoms with Gasteiger partial charge in [-0.2, -0.15) is 0 Å². The van der Waals surface area contributed by atoms with Crippen LogP contribution in [0.3, 0.4) is 0 Å². The molecule has 2 heterocycles. The molecule has 3 N–H and O–H groups in total. The van der Waals surface area contributed by atoms with Gasteiger partial charge >= 0.3 is 0 Å². The first kappa shape index (κ1) is 18.7. The van der Waals surface area contributed by atoms with Gasteiger partial charge in [-0.25, -0.2) is 4.98 Å². The fourth-order valence-corrected chi connectivity index (χ4v) is 4.45. The van der Waals surface area contributed by atoms with Crippen molar-refractivity contribution in [3.63, 3.8) is 0 Å². The number of primary amides is 1. The Morgan fingerprint density at radius 3 is 2.57 bits per heavy atom. The lowest BCUT2D eigenvalue weighted by atomic mass is 9.79. The van der Waals surface area contributed by atoms with E-state index in [0.29, 0.717) is 22.3 Å². The van der Waals surface area contributed by atoms with Crippen LogP contribution in [0, 0.1) is 11.8 Å². The molecule has 2 amide bonds. The second-order valence-electron chi connectivity index (χ2n) is 7.70. The maximum absolute atomic E-state index is 12.6. The van der Waals surface area contributed by atoms with Crippen LogP contribution in [0.15, 0.2) is 36.5 Å². The van der Waals surface area contributed by atoms with Crippen LogP contribution < -0.4 is 16.0 Å². The Hall–Kier alpha value is -2.60. The molecule has 7 heteroatoms. The van der Waals surface area contributed by atoms with Crippen LogP contribution in [0.5, 0.6) is 0 Å². The van der Waals surface area contributed by atoms with E-state index in [-0.39, 0.29) is 23.9 Å². The van der Waals surface area contributed by atoms with Gasteiger partial charge < -0.3 is 16.0 Å². The van der Waals surface area contributed by atoms with Crippen molar-refractivity contribution in [1.82, 2.24) is 4.98 Å². The first-order valence-electron chi connectivity index (χ1n) is 9.48. The van der Waals surface area contributed by atoms with E-state index in [4.69, 9.17) is 17.3 Å². The number of fused-ring (bicyclic) bond motifs is 1. The van der Waals surface area contributed by atoms with Crippen LogP contribution in [0.2, 0.25) is 5.02 Å². The number of nitrogens with one attached hydrogen (secondary N) is 1. The standard InChI is InChI=1S/C21H23ClN4O2/c1-11-19(25-18-8-6-15(22)10-24-18)16-9-14(21(23)28)5-7-17(16)26(12(2)27)20(11)13-3-4-13/h5-11,13,19-20H,3-4H2,1-2H3,(H2,23,28)(H,24,25)/t11-,19-,20-/m1/s1. The summed E-state index contributed by atoms with van der Waals surface area (Å²) in [5.74, 6) is 0.842. The zero-order valence-electron chi connectivity index (χ0n) is 15.9. The van der Waals surface area contributed by atoms with Crippen LogP contribution >= 0.6 is 11.6 Å². The van der Waals surface area contributed by atoms with Gasteiger partial charge in [-0.15, -0.1) is 0 Å². The number of halogens is 1. The van der Waals surface area contributed by atoms with Gasteiger partial charge in [0.25, 0.3) is 0 Å². The minimum Gasteiger partial charge on any atom is -0.366 e. The quantitative estimate of drug-likeness (QED) is 0.820. The lowest BCUT2D eigenvalue weighted by Gasteiger charge is -2.46. The van der Waals surface area contributed by atoms with E-state index in [2.05, 4.69) is 17.2 Å². The molecule has 0 unspecified atom stereocenters. The van der Waals surface area contributed by atoms with E-state index in [1.54, 1.807) is 31.3 Å². The Morgan fingerprint density at radius 1 is 1.25 bits per heavy atom. The van der Waals surface area contributed by atoms with Gasteiger partial charge in [-0.05, 0) is 54.7 Å². The van der Waals surface area contributed by atoms with Crippen molar-refractivity contribution in [2.24, 2.45) is 17.6 Å². The second kappa shape index (κ2) is 7.09. The Morgan fingerprint density at radius 2 is 2.00 bits per heavy atom. The van der Waals surface area contributed by atoms with E-state index in [1.165, 1.54) is 0 Å². The highest BCUT2D eigenvalue weighted by Crippen LogP contribution is 2.50. The summed E-state index contributed by atoms with van der Waals surface area (Å²) in [5.41, 5.74) is 7.65. The van der Waals surface area contributed by atoms with Gasteiger partial charge in [-0.1, -0.05) is 18.5 Å². The van der Waals surface area contributed by atoms with Gasteiger partial charge in [0.05, 0.1) is 11.1 Å². The Balaban J connectivity index is 1.82. The molecule has 2 aromatic rings. The number of hydrogen-bond acceptors (Lipinski definition) is 4. The van der Waals surface area contributed by atoms with Gasteiger partial charge in [0.15, 0.2) is 0 Å². The van der Waals surface area contributed by atoms with Crippen molar-refractivity contribution in [1.29, 1.82) is 0 Å². The summed E-state index contributed by atoms with van der Waals surface area (Å²) in [7, 11) is 0. The summed E-state index contributed by atoms with van der Waals surface area (Å²) < 4.78 is 0. The van der Waals surface area contributed by atoms with Crippen LogP contribution in [-0.4, -0.2) is 22.8 Å². The van der Waals surface area contributed by atoms with Crippen molar-refractivity contribution >= 4 is 34.9 Å². The molecule has 6 nitrogen and oxygen atoms in total. The second-order valence-corrected chi connectivity index (χ2v) is 8.13. The largest absolute Gasteiger partial charge is 0.366 e. The zero-order chi connectivity index (χ0) is 20.0. The fourth-order valence-electron chi connectivity index (χ4n) is 4.34. The predicted molar refractivity (Wildman–Crippen MR) is 109 cm³/mol. The van der Waals surface area contributed by atoms with Crippen LogP contribution in [-0.2, 0) is 4.79 Å². The third-order valence-corrected chi connectivity index (χ3v) is 5.97. The monoisotopic (exact) mass is 398 g/mol. The van der Waals surface area contributed by atoms with E-state index >= 15 is 0 Å². The molecular weight excluding hydrogens is 376 g/mol. The van der Waals surface area contributed by atoms with E-state index in [1.807, 2.05) is 17.0 Å². The van der Waals surface area contributed by atoms with Crippen molar-refractivity contribution in [3.8, 4) is 0 Å². The molecule has 0 radical (unpaired) electrons. The summed E-state index contributed by atoms with van der Waals surface area (Å²) in [6, 6.07) is 8.93. The highest BCUT2D eigenvalue weighted by atomic mass is 35.5.